The second-order valence-electron chi connectivity index (χ2n) is 3.32. The molecular formula is C10H16N2O4. The number of hydrogen-bond acceptors (Lipinski definition) is 4. The van der Waals surface area contributed by atoms with Gasteiger partial charge in [0.15, 0.2) is 6.79 Å². The Balaban J connectivity index is 2.44. The van der Waals surface area contributed by atoms with Crippen LogP contribution in [0.5, 0.6) is 0 Å². The van der Waals surface area contributed by atoms with E-state index in [1.54, 1.807) is 13.1 Å². The summed E-state index contributed by atoms with van der Waals surface area (Å²) in [5.74, 6) is -0.0927. The van der Waals surface area contributed by atoms with Crippen molar-refractivity contribution in [3.8, 4) is 0 Å². The van der Waals surface area contributed by atoms with E-state index in [1.807, 2.05) is 0 Å². The first-order valence-electron chi connectivity index (χ1n) is 5.00. The molecule has 2 amide bonds. The van der Waals surface area contributed by atoms with E-state index in [9.17, 15) is 9.59 Å². The molecule has 0 aliphatic carbocycles. The molecule has 0 aromatic carbocycles. The predicted octanol–water partition coefficient (Wildman–Crippen LogP) is 0.105. The van der Waals surface area contributed by atoms with Crippen molar-refractivity contribution in [3.05, 3.63) is 11.6 Å². The van der Waals surface area contributed by atoms with Crippen LogP contribution in [0.3, 0.4) is 0 Å². The summed E-state index contributed by atoms with van der Waals surface area (Å²) in [6.07, 6.45) is 1.85. The normalized spacial score (nSPS) is 15.4. The summed E-state index contributed by atoms with van der Waals surface area (Å²) in [5, 5.41) is 2.55. The third-order valence-corrected chi connectivity index (χ3v) is 2.29. The van der Waals surface area contributed by atoms with Crippen molar-refractivity contribution in [1.82, 2.24) is 10.2 Å². The standard InChI is InChI=1S/C10H16N2O4/c1-11-9(13)8-3-5-12(6-4-8)10(14)16-7-15-2/h3H,4-7H2,1-2H3,(H,11,13). The summed E-state index contributed by atoms with van der Waals surface area (Å²) in [7, 11) is 3.04. The van der Waals surface area contributed by atoms with Gasteiger partial charge in [0.05, 0.1) is 0 Å². The molecule has 0 atom stereocenters. The van der Waals surface area contributed by atoms with E-state index in [1.165, 1.54) is 12.0 Å². The largest absolute Gasteiger partial charge is 0.422 e. The zero-order valence-corrected chi connectivity index (χ0v) is 9.49. The van der Waals surface area contributed by atoms with Gasteiger partial charge < -0.3 is 19.7 Å². The second kappa shape index (κ2) is 6.12. The van der Waals surface area contributed by atoms with Crippen molar-refractivity contribution in [1.29, 1.82) is 0 Å². The molecule has 6 nitrogen and oxygen atoms in total. The number of hydrogen-bond donors (Lipinski definition) is 1. The fourth-order valence-corrected chi connectivity index (χ4v) is 1.40. The maximum Gasteiger partial charge on any atom is 0.412 e. The molecule has 1 aliphatic rings. The summed E-state index contributed by atoms with van der Waals surface area (Å²) >= 11 is 0. The molecule has 0 spiro atoms. The van der Waals surface area contributed by atoms with Gasteiger partial charge in [-0.15, -0.1) is 0 Å². The van der Waals surface area contributed by atoms with Crippen LogP contribution in [0.4, 0.5) is 4.79 Å². The Morgan fingerprint density at radius 2 is 2.31 bits per heavy atom. The highest BCUT2D eigenvalue weighted by Gasteiger charge is 2.20. The number of rotatable bonds is 3. The van der Waals surface area contributed by atoms with E-state index in [0.29, 0.717) is 25.1 Å². The minimum atomic E-state index is -0.422. The van der Waals surface area contributed by atoms with E-state index >= 15 is 0 Å². The van der Waals surface area contributed by atoms with Crippen molar-refractivity contribution < 1.29 is 19.1 Å². The first-order chi connectivity index (χ1) is 7.69. The number of amides is 2. The molecule has 0 aromatic rings. The van der Waals surface area contributed by atoms with Crippen LogP contribution in [-0.2, 0) is 14.3 Å². The van der Waals surface area contributed by atoms with Crippen molar-refractivity contribution in [3.63, 3.8) is 0 Å². The molecule has 1 aliphatic heterocycles. The lowest BCUT2D eigenvalue weighted by Gasteiger charge is -2.24. The van der Waals surface area contributed by atoms with Gasteiger partial charge in [-0.2, -0.15) is 0 Å². The zero-order chi connectivity index (χ0) is 12.0. The summed E-state index contributed by atoms with van der Waals surface area (Å²) in [6, 6.07) is 0. The van der Waals surface area contributed by atoms with Crippen LogP contribution < -0.4 is 5.32 Å². The molecule has 0 fully saturated rings. The summed E-state index contributed by atoms with van der Waals surface area (Å²) in [6.45, 7) is 0.828. The SMILES string of the molecule is CNC(=O)C1=CCN(C(=O)OCOC)CC1. The third-order valence-electron chi connectivity index (χ3n) is 2.29. The van der Waals surface area contributed by atoms with E-state index in [4.69, 9.17) is 4.74 Å². The van der Waals surface area contributed by atoms with Gasteiger partial charge in [0.2, 0.25) is 5.91 Å². The van der Waals surface area contributed by atoms with Crippen LogP contribution >= 0.6 is 0 Å². The Kier molecular flexibility index (Phi) is 4.78. The monoisotopic (exact) mass is 228 g/mol. The first kappa shape index (κ1) is 12.5. The van der Waals surface area contributed by atoms with Crippen LogP contribution in [0, 0.1) is 0 Å². The highest BCUT2D eigenvalue weighted by molar-refractivity contribution is 5.93. The average molecular weight is 228 g/mol. The molecule has 16 heavy (non-hydrogen) atoms. The lowest BCUT2D eigenvalue weighted by molar-refractivity contribution is -0.117. The van der Waals surface area contributed by atoms with Gasteiger partial charge in [0.1, 0.15) is 0 Å². The van der Waals surface area contributed by atoms with Crippen LogP contribution in [0.25, 0.3) is 0 Å². The van der Waals surface area contributed by atoms with E-state index in [2.05, 4.69) is 10.1 Å². The molecule has 90 valence electrons. The van der Waals surface area contributed by atoms with Gasteiger partial charge in [0, 0.05) is 32.8 Å². The summed E-state index contributed by atoms with van der Waals surface area (Å²) in [5.41, 5.74) is 0.707. The number of nitrogens with one attached hydrogen (secondary N) is 1. The van der Waals surface area contributed by atoms with Gasteiger partial charge in [0.25, 0.3) is 0 Å². The fourth-order valence-electron chi connectivity index (χ4n) is 1.40. The molecule has 0 radical (unpaired) electrons. The highest BCUT2D eigenvalue weighted by Crippen LogP contribution is 2.11. The number of ether oxygens (including phenoxy) is 2. The van der Waals surface area contributed by atoms with Crippen molar-refractivity contribution in [2.75, 3.05) is 34.0 Å². The van der Waals surface area contributed by atoms with Crippen LogP contribution in [0.1, 0.15) is 6.42 Å². The number of carbonyl (C=O) groups is 2. The van der Waals surface area contributed by atoms with Gasteiger partial charge in [-0.05, 0) is 6.42 Å². The molecule has 0 saturated heterocycles. The third kappa shape index (κ3) is 3.23. The van der Waals surface area contributed by atoms with E-state index in [-0.39, 0.29) is 12.7 Å². The number of carbonyl (C=O) groups excluding carboxylic acids is 2. The smallest absolute Gasteiger partial charge is 0.412 e. The molecule has 0 unspecified atom stereocenters. The quantitative estimate of drug-likeness (QED) is 0.696. The Labute approximate surface area is 94.2 Å². The Hall–Kier alpha value is -1.56. The summed E-state index contributed by atoms with van der Waals surface area (Å²) < 4.78 is 9.42. The minimum Gasteiger partial charge on any atom is -0.422 e. The maximum absolute atomic E-state index is 11.4. The molecule has 0 saturated carbocycles. The topological polar surface area (TPSA) is 67.9 Å². The minimum absolute atomic E-state index is 0.0542. The van der Waals surface area contributed by atoms with Gasteiger partial charge >= 0.3 is 6.09 Å². The van der Waals surface area contributed by atoms with Crippen molar-refractivity contribution >= 4 is 12.0 Å². The zero-order valence-electron chi connectivity index (χ0n) is 9.49. The molecule has 0 bridgehead atoms. The molecule has 0 aromatic heterocycles. The Morgan fingerprint density at radius 3 is 2.81 bits per heavy atom. The molecule has 1 N–H and O–H groups in total. The molecule has 1 rings (SSSR count). The van der Waals surface area contributed by atoms with E-state index in [0.717, 1.165) is 0 Å². The van der Waals surface area contributed by atoms with Crippen LogP contribution in [0.15, 0.2) is 11.6 Å². The van der Waals surface area contributed by atoms with Crippen molar-refractivity contribution in [2.45, 2.75) is 6.42 Å². The van der Waals surface area contributed by atoms with Gasteiger partial charge in [-0.1, -0.05) is 6.08 Å². The lowest BCUT2D eigenvalue weighted by atomic mass is 10.1. The first-order valence-corrected chi connectivity index (χ1v) is 5.00. The lowest BCUT2D eigenvalue weighted by Crippen LogP contribution is -2.37. The van der Waals surface area contributed by atoms with Gasteiger partial charge in [-0.25, -0.2) is 4.79 Å². The van der Waals surface area contributed by atoms with Crippen molar-refractivity contribution in [2.24, 2.45) is 0 Å². The second-order valence-corrected chi connectivity index (χ2v) is 3.32. The van der Waals surface area contributed by atoms with Gasteiger partial charge in [-0.3, -0.25) is 4.79 Å². The van der Waals surface area contributed by atoms with E-state index < -0.39 is 6.09 Å². The highest BCUT2D eigenvalue weighted by atomic mass is 16.7. The molecule has 1 heterocycles. The Morgan fingerprint density at radius 1 is 1.56 bits per heavy atom. The molecule has 6 heteroatoms. The maximum atomic E-state index is 11.4. The average Bonchev–Trinajstić information content (AvgIpc) is 2.35. The fraction of sp³-hybridized carbons (Fsp3) is 0.600. The number of methoxy groups -OCH3 is 1. The summed E-state index contributed by atoms with van der Waals surface area (Å²) in [4.78, 5) is 24.2. The predicted molar refractivity (Wildman–Crippen MR) is 56.7 cm³/mol. The van der Waals surface area contributed by atoms with Crippen LogP contribution in [0.2, 0.25) is 0 Å². The van der Waals surface area contributed by atoms with Crippen LogP contribution in [-0.4, -0.2) is 50.9 Å². The number of nitrogens with zero attached hydrogens (tertiary/aromatic N) is 1. The Bertz CT molecular complexity index is 301. The molecular weight excluding hydrogens is 212 g/mol. The number of likely N-dealkylation sites (N-methyl/N-ethyl adjacent to an activating group) is 1.